The van der Waals surface area contributed by atoms with Gasteiger partial charge < -0.3 is 5.32 Å². The maximum atomic E-state index is 13.1. The largest absolute Gasteiger partial charge is 0.306 e. The van der Waals surface area contributed by atoms with Crippen LogP contribution >= 0.6 is 0 Å². The van der Waals surface area contributed by atoms with E-state index in [-0.39, 0.29) is 15.9 Å². The van der Waals surface area contributed by atoms with Gasteiger partial charge in [0, 0.05) is 42.5 Å². The van der Waals surface area contributed by atoms with Crippen molar-refractivity contribution in [1.82, 2.24) is 24.1 Å². The van der Waals surface area contributed by atoms with Crippen LogP contribution in [0.4, 0.5) is 5.82 Å². The lowest BCUT2D eigenvalue weighted by atomic mass is 9.92. The molecule has 3 heterocycles. The zero-order valence-corrected chi connectivity index (χ0v) is 19.1. The summed E-state index contributed by atoms with van der Waals surface area (Å²) in [6.45, 7) is 7.06. The highest BCUT2D eigenvalue weighted by Crippen LogP contribution is 2.26. The molecular formula is C22H26N6O3S. The van der Waals surface area contributed by atoms with Crippen molar-refractivity contribution >= 4 is 21.7 Å². The summed E-state index contributed by atoms with van der Waals surface area (Å²) in [5, 5.41) is 7.42. The van der Waals surface area contributed by atoms with E-state index in [1.54, 1.807) is 36.7 Å². The molecule has 0 aliphatic carbocycles. The third-order valence-electron chi connectivity index (χ3n) is 5.26. The van der Waals surface area contributed by atoms with Crippen LogP contribution < -0.4 is 5.32 Å². The maximum Gasteiger partial charge on any atom is 0.256 e. The van der Waals surface area contributed by atoms with Crippen LogP contribution in [0.1, 0.15) is 49.7 Å². The summed E-state index contributed by atoms with van der Waals surface area (Å²) < 4.78 is 28.7. The molecule has 10 heteroatoms. The van der Waals surface area contributed by atoms with Gasteiger partial charge in [-0.1, -0.05) is 26.8 Å². The van der Waals surface area contributed by atoms with Crippen LogP contribution in [-0.4, -0.2) is 51.5 Å². The summed E-state index contributed by atoms with van der Waals surface area (Å²) in [7, 11) is -3.62. The first-order valence-electron chi connectivity index (χ1n) is 10.5. The molecular weight excluding hydrogens is 428 g/mol. The van der Waals surface area contributed by atoms with Crippen LogP contribution in [-0.2, 0) is 15.4 Å². The van der Waals surface area contributed by atoms with Gasteiger partial charge in [0.05, 0.1) is 10.6 Å². The number of carbonyl (C=O) groups is 1. The number of amides is 1. The van der Waals surface area contributed by atoms with E-state index < -0.39 is 15.9 Å². The van der Waals surface area contributed by atoms with E-state index in [1.807, 2.05) is 20.8 Å². The highest BCUT2D eigenvalue weighted by Gasteiger charge is 2.28. The van der Waals surface area contributed by atoms with Crippen LogP contribution in [0.15, 0.2) is 53.7 Å². The van der Waals surface area contributed by atoms with Gasteiger partial charge in [0.2, 0.25) is 10.0 Å². The monoisotopic (exact) mass is 454 g/mol. The second kappa shape index (κ2) is 8.44. The molecule has 1 amide bonds. The normalized spacial score (nSPS) is 15.1. The number of hydrogen-bond acceptors (Lipinski definition) is 6. The van der Waals surface area contributed by atoms with Crippen molar-refractivity contribution in [2.45, 2.75) is 43.9 Å². The number of benzene rings is 1. The predicted octanol–water partition coefficient (Wildman–Crippen LogP) is 3.00. The van der Waals surface area contributed by atoms with E-state index in [0.29, 0.717) is 24.9 Å². The molecule has 1 fully saturated rings. The van der Waals surface area contributed by atoms with E-state index >= 15 is 0 Å². The molecule has 0 spiro atoms. The SMILES string of the molecule is CC(C)(C)c1cc(NC(=O)c2cccc(S(=O)(=O)N3CCCC3)c2)n(-c2ncccn2)n1. The molecule has 1 aliphatic rings. The summed E-state index contributed by atoms with van der Waals surface area (Å²) >= 11 is 0. The van der Waals surface area contributed by atoms with Gasteiger partial charge in [-0.05, 0) is 37.1 Å². The fourth-order valence-corrected chi connectivity index (χ4v) is 5.02. The number of sulfonamides is 1. The number of rotatable bonds is 5. The summed E-state index contributed by atoms with van der Waals surface area (Å²) in [4.78, 5) is 21.6. The first-order valence-corrected chi connectivity index (χ1v) is 11.9. The quantitative estimate of drug-likeness (QED) is 0.635. The Hall–Kier alpha value is -3.11. The van der Waals surface area contributed by atoms with Crippen molar-refractivity contribution in [2.75, 3.05) is 18.4 Å². The Labute approximate surface area is 187 Å². The van der Waals surface area contributed by atoms with Gasteiger partial charge in [-0.2, -0.15) is 14.1 Å². The van der Waals surface area contributed by atoms with Crippen LogP contribution in [0.25, 0.3) is 5.95 Å². The van der Waals surface area contributed by atoms with Gasteiger partial charge in [-0.25, -0.2) is 18.4 Å². The Kier molecular flexibility index (Phi) is 5.83. The zero-order chi connectivity index (χ0) is 22.9. The zero-order valence-electron chi connectivity index (χ0n) is 18.3. The second-order valence-electron chi connectivity index (χ2n) is 8.72. The van der Waals surface area contributed by atoms with Crippen LogP contribution in [0.3, 0.4) is 0 Å². The molecule has 9 nitrogen and oxygen atoms in total. The molecule has 1 aliphatic heterocycles. The van der Waals surface area contributed by atoms with Crippen molar-refractivity contribution in [3.05, 3.63) is 60.0 Å². The van der Waals surface area contributed by atoms with Crippen molar-refractivity contribution in [3.8, 4) is 5.95 Å². The average Bonchev–Trinajstić information content (AvgIpc) is 3.45. The van der Waals surface area contributed by atoms with Gasteiger partial charge in [-0.3, -0.25) is 4.79 Å². The minimum atomic E-state index is -3.62. The van der Waals surface area contributed by atoms with E-state index in [1.165, 1.54) is 21.1 Å². The van der Waals surface area contributed by atoms with Crippen molar-refractivity contribution in [2.24, 2.45) is 0 Å². The summed E-state index contributed by atoms with van der Waals surface area (Å²) in [5.41, 5.74) is 0.735. The third kappa shape index (κ3) is 4.42. The Bertz CT molecular complexity index is 1230. The number of carbonyl (C=O) groups excluding carboxylic acids is 1. The Morgan fingerprint density at radius 2 is 1.72 bits per heavy atom. The number of anilines is 1. The maximum absolute atomic E-state index is 13.1. The molecule has 0 bridgehead atoms. The van der Waals surface area contributed by atoms with Crippen LogP contribution in [0.5, 0.6) is 0 Å². The molecule has 1 saturated heterocycles. The Balaban J connectivity index is 1.65. The molecule has 168 valence electrons. The lowest BCUT2D eigenvalue weighted by Gasteiger charge is -2.16. The van der Waals surface area contributed by atoms with Gasteiger partial charge in [0.25, 0.3) is 11.9 Å². The molecule has 1 N–H and O–H groups in total. The molecule has 0 saturated carbocycles. The average molecular weight is 455 g/mol. The fraction of sp³-hybridized carbons (Fsp3) is 0.364. The Morgan fingerprint density at radius 3 is 2.38 bits per heavy atom. The van der Waals surface area contributed by atoms with Gasteiger partial charge in [0.15, 0.2) is 0 Å². The second-order valence-corrected chi connectivity index (χ2v) is 10.7. The summed E-state index contributed by atoms with van der Waals surface area (Å²) in [5.74, 6) is 0.281. The Morgan fingerprint density at radius 1 is 1.03 bits per heavy atom. The first-order chi connectivity index (χ1) is 15.2. The number of nitrogens with one attached hydrogen (secondary N) is 1. The van der Waals surface area contributed by atoms with Crippen LogP contribution in [0, 0.1) is 0 Å². The molecule has 0 atom stereocenters. The molecule has 3 aromatic rings. The minimum absolute atomic E-state index is 0.113. The van der Waals surface area contributed by atoms with E-state index in [2.05, 4.69) is 20.4 Å². The van der Waals surface area contributed by atoms with Crippen molar-refractivity contribution < 1.29 is 13.2 Å². The molecule has 2 aromatic heterocycles. The topological polar surface area (TPSA) is 110 Å². The van der Waals surface area contributed by atoms with Gasteiger partial charge >= 0.3 is 0 Å². The van der Waals surface area contributed by atoms with Gasteiger partial charge in [-0.15, -0.1) is 0 Å². The first kappa shape index (κ1) is 22.1. The number of hydrogen-bond donors (Lipinski definition) is 1. The predicted molar refractivity (Wildman–Crippen MR) is 120 cm³/mol. The molecule has 0 radical (unpaired) electrons. The van der Waals surface area contributed by atoms with E-state index in [9.17, 15) is 13.2 Å². The standard InChI is InChI=1S/C22H26N6O3S/c1-22(2,3)18-15-19(28(26-18)21-23-10-7-11-24-21)25-20(29)16-8-6-9-17(14-16)32(30,31)27-12-4-5-13-27/h6-11,14-15H,4-5,12-13H2,1-3H3,(H,25,29). The third-order valence-corrected chi connectivity index (χ3v) is 7.15. The highest BCUT2D eigenvalue weighted by atomic mass is 32.2. The van der Waals surface area contributed by atoms with Crippen molar-refractivity contribution in [3.63, 3.8) is 0 Å². The number of nitrogens with zero attached hydrogens (tertiary/aromatic N) is 5. The van der Waals surface area contributed by atoms with E-state index in [0.717, 1.165) is 18.5 Å². The summed E-state index contributed by atoms with van der Waals surface area (Å²) in [6.07, 6.45) is 4.89. The smallest absolute Gasteiger partial charge is 0.256 e. The van der Waals surface area contributed by atoms with Crippen molar-refractivity contribution in [1.29, 1.82) is 0 Å². The lowest BCUT2D eigenvalue weighted by Crippen LogP contribution is -2.28. The molecule has 0 unspecified atom stereocenters. The summed E-state index contributed by atoms with van der Waals surface area (Å²) in [6, 6.07) is 9.57. The lowest BCUT2D eigenvalue weighted by molar-refractivity contribution is 0.102. The fourth-order valence-electron chi connectivity index (χ4n) is 3.45. The van der Waals surface area contributed by atoms with Crippen LogP contribution in [0.2, 0.25) is 0 Å². The highest BCUT2D eigenvalue weighted by molar-refractivity contribution is 7.89. The minimum Gasteiger partial charge on any atom is -0.306 e. The van der Waals surface area contributed by atoms with E-state index in [4.69, 9.17) is 0 Å². The molecule has 32 heavy (non-hydrogen) atoms. The molecule has 1 aromatic carbocycles. The molecule has 4 rings (SSSR count). The van der Waals surface area contributed by atoms with Gasteiger partial charge in [0.1, 0.15) is 5.82 Å². The number of aromatic nitrogens is 4.